The van der Waals surface area contributed by atoms with E-state index in [-0.39, 0.29) is 36.9 Å². The van der Waals surface area contributed by atoms with E-state index in [0.717, 1.165) is 12.1 Å². The number of morpholine rings is 1. The number of carbonyl (C=O) groups is 1. The zero-order valence-corrected chi connectivity index (χ0v) is 22.5. The Hall–Kier alpha value is -3.71. The molecule has 0 unspecified atom stereocenters. The van der Waals surface area contributed by atoms with Crippen LogP contribution in [0.5, 0.6) is 0 Å². The minimum Gasteiger partial charge on any atom is -0.377 e. The molecule has 0 bridgehead atoms. The van der Waals surface area contributed by atoms with E-state index in [0.29, 0.717) is 42.9 Å². The van der Waals surface area contributed by atoms with E-state index < -0.39 is 43.8 Å². The Balaban J connectivity index is 1.55. The number of nitrogens with zero attached hydrogens (tertiary/aromatic N) is 3. The Labute approximate surface area is 229 Å². The van der Waals surface area contributed by atoms with Gasteiger partial charge in [-0.3, -0.25) is 0 Å². The summed E-state index contributed by atoms with van der Waals surface area (Å²) in [7, 11) is -4.27. The van der Waals surface area contributed by atoms with Crippen LogP contribution in [-0.4, -0.2) is 63.4 Å². The molecule has 0 spiro atoms. The van der Waals surface area contributed by atoms with Crippen molar-refractivity contribution < 1.29 is 31.1 Å². The lowest BCUT2D eigenvalue weighted by Gasteiger charge is -2.34. The molecule has 13 heteroatoms. The second-order valence-electron chi connectivity index (χ2n) is 9.77. The van der Waals surface area contributed by atoms with Crippen molar-refractivity contribution in [1.29, 1.82) is 0 Å². The van der Waals surface area contributed by atoms with Crippen molar-refractivity contribution in [2.24, 2.45) is 0 Å². The number of nitrogens with one attached hydrogen (secondary N) is 2. The quantitative estimate of drug-likeness (QED) is 0.387. The van der Waals surface area contributed by atoms with Gasteiger partial charge in [0.2, 0.25) is 0 Å². The number of alkyl halides is 1. The molecule has 1 aromatic heterocycles. The van der Waals surface area contributed by atoms with Crippen LogP contribution in [0.25, 0.3) is 11.4 Å². The van der Waals surface area contributed by atoms with Crippen molar-refractivity contribution in [3.05, 3.63) is 65.9 Å². The Morgan fingerprint density at radius 3 is 2.52 bits per heavy atom. The van der Waals surface area contributed by atoms with Gasteiger partial charge in [-0.25, -0.2) is 36.4 Å². The second-order valence-corrected chi connectivity index (χ2v) is 12.0. The fourth-order valence-corrected chi connectivity index (χ4v) is 6.73. The number of halogens is 3. The van der Waals surface area contributed by atoms with Crippen LogP contribution < -0.4 is 15.5 Å². The number of benzene rings is 2. The Kier molecular flexibility index (Phi) is 7.69. The average molecular weight is 576 g/mol. The third-order valence-corrected chi connectivity index (χ3v) is 9.58. The Morgan fingerprint density at radius 2 is 1.88 bits per heavy atom. The summed E-state index contributed by atoms with van der Waals surface area (Å²) < 4.78 is 72.1. The molecule has 40 heavy (non-hydrogen) atoms. The van der Waals surface area contributed by atoms with Crippen LogP contribution in [0, 0.1) is 11.6 Å². The van der Waals surface area contributed by atoms with Crippen molar-refractivity contribution in [2.75, 3.05) is 43.2 Å². The van der Waals surface area contributed by atoms with Crippen LogP contribution in [-0.2, 0) is 19.3 Å². The Bertz CT molecular complexity index is 1520. The van der Waals surface area contributed by atoms with Gasteiger partial charge >= 0.3 is 6.03 Å². The highest BCUT2D eigenvalue weighted by molar-refractivity contribution is 7.92. The van der Waals surface area contributed by atoms with E-state index in [2.05, 4.69) is 15.6 Å². The minimum absolute atomic E-state index is 0.0416. The molecule has 2 aliphatic rings. The average Bonchev–Trinajstić information content (AvgIpc) is 3.75. The molecule has 2 fully saturated rings. The predicted molar refractivity (Wildman–Crippen MR) is 143 cm³/mol. The van der Waals surface area contributed by atoms with Gasteiger partial charge in [0.05, 0.1) is 24.9 Å². The summed E-state index contributed by atoms with van der Waals surface area (Å²) in [6, 6.07) is 10.0. The first-order valence-electron chi connectivity index (χ1n) is 12.8. The monoisotopic (exact) mass is 575 g/mol. The van der Waals surface area contributed by atoms with E-state index in [4.69, 9.17) is 9.72 Å². The highest BCUT2D eigenvalue weighted by atomic mass is 32.2. The SMILES string of the molecule is C[C@H]1COCCN1c1cc(C2(S(=O)(=O)c3ccc(F)cc3F)CC2)nc(-c2ccc(NC(=O)NCCF)cc2)n1. The number of carbonyl (C=O) groups excluding carboxylic acids is 1. The maximum Gasteiger partial charge on any atom is 0.319 e. The van der Waals surface area contributed by atoms with Gasteiger partial charge in [0.25, 0.3) is 0 Å². The molecule has 3 aromatic rings. The highest BCUT2D eigenvalue weighted by Gasteiger charge is 2.58. The number of hydrogen-bond donors (Lipinski definition) is 2. The van der Waals surface area contributed by atoms with Crippen LogP contribution in [0.15, 0.2) is 53.4 Å². The van der Waals surface area contributed by atoms with E-state index in [1.807, 2.05) is 11.8 Å². The molecule has 1 aliphatic carbocycles. The van der Waals surface area contributed by atoms with Gasteiger partial charge in [-0.15, -0.1) is 0 Å². The predicted octanol–water partition coefficient (Wildman–Crippen LogP) is 4.20. The first kappa shape index (κ1) is 27.8. The molecule has 1 atom stereocenters. The Morgan fingerprint density at radius 1 is 1.12 bits per heavy atom. The van der Waals surface area contributed by atoms with Crippen molar-refractivity contribution >= 4 is 27.4 Å². The van der Waals surface area contributed by atoms with Gasteiger partial charge in [0, 0.05) is 36.5 Å². The summed E-state index contributed by atoms with van der Waals surface area (Å²) in [6.45, 7) is 2.62. The number of amides is 2. The van der Waals surface area contributed by atoms with E-state index in [1.165, 1.54) is 0 Å². The molecule has 1 saturated heterocycles. The van der Waals surface area contributed by atoms with Crippen molar-refractivity contribution in [1.82, 2.24) is 15.3 Å². The first-order chi connectivity index (χ1) is 19.1. The number of urea groups is 1. The summed E-state index contributed by atoms with van der Waals surface area (Å²) in [5.41, 5.74) is 1.23. The topological polar surface area (TPSA) is 114 Å². The lowest BCUT2D eigenvalue weighted by Crippen LogP contribution is -2.44. The smallest absolute Gasteiger partial charge is 0.319 e. The van der Waals surface area contributed by atoms with Gasteiger partial charge in [0.1, 0.15) is 33.8 Å². The third kappa shape index (κ3) is 5.35. The summed E-state index contributed by atoms with van der Waals surface area (Å²) in [4.78, 5) is 22.7. The summed E-state index contributed by atoms with van der Waals surface area (Å²) >= 11 is 0. The van der Waals surface area contributed by atoms with Crippen LogP contribution in [0.3, 0.4) is 0 Å². The van der Waals surface area contributed by atoms with Crippen LogP contribution in [0.1, 0.15) is 25.5 Å². The number of anilines is 2. The molecular weight excluding hydrogens is 547 g/mol. The number of sulfone groups is 1. The van der Waals surface area contributed by atoms with Crippen LogP contribution in [0.4, 0.5) is 29.5 Å². The summed E-state index contributed by atoms with van der Waals surface area (Å²) in [6.07, 6.45) is 0.440. The summed E-state index contributed by atoms with van der Waals surface area (Å²) in [5, 5.41) is 4.97. The standard InChI is InChI=1S/C27H28F3N5O4S/c1-17-16-39-13-12-35(17)24-15-23(27(8-9-27)40(37,38)22-7-4-19(29)14-21(22)30)33-25(34-24)18-2-5-20(6-3-18)32-26(36)31-11-10-28/h2-7,14-15,17H,8-13,16H2,1H3,(H2,31,32,36)/t17-/m0/s1. The lowest BCUT2D eigenvalue weighted by atomic mass is 10.1. The maximum absolute atomic E-state index is 14.7. The maximum atomic E-state index is 14.7. The molecule has 2 heterocycles. The van der Waals surface area contributed by atoms with Gasteiger partial charge in [-0.05, 0) is 56.2 Å². The summed E-state index contributed by atoms with van der Waals surface area (Å²) in [5.74, 6) is -1.27. The fourth-order valence-electron chi connectivity index (χ4n) is 4.73. The molecule has 9 nitrogen and oxygen atoms in total. The number of rotatable bonds is 8. The van der Waals surface area contributed by atoms with E-state index >= 15 is 0 Å². The highest BCUT2D eigenvalue weighted by Crippen LogP contribution is 2.55. The number of aromatic nitrogens is 2. The van der Waals surface area contributed by atoms with Crippen LogP contribution >= 0.6 is 0 Å². The van der Waals surface area contributed by atoms with Crippen molar-refractivity contribution in [3.8, 4) is 11.4 Å². The number of ether oxygens (including phenoxy) is 1. The largest absolute Gasteiger partial charge is 0.377 e. The zero-order chi connectivity index (χ0) is 28.5. The minimum atomic E-state index is -4.27. The van der Waals surface area contributed by atoms with E-state index in [9.17, 15) is 26.4 Å². The second kappa shape index (κ2) is 11.0. The zero-order valence-electron chi connectivity index (χ0n) is 21.7. The van der Waals surface area contributed by atoms with Gasteiger partial charge in [0.15, 0.2) is 15.7 Å². The molecule has 1 aliphatic heterocycles. The molecule has 2 amide bonds. The fraction of sp³-hybridized carbons (Fsp3) is 0.370. The molecule has 0 radical (unpaired) electrons. The molecule has 2 aromatic carbocycles. The van der Waals surface area contributed by atoms with Crippen molar-refractivity contribution in [3.63, 3.8) is 0 Å². The van der Waals surface area contributed by atoms with Gasteiger partial charge in [-0.2, -0.15) is 0 Å². The van der Waals surface area contributed by atoms with Crippen molar-refractivity contribution in [2.45, 2.75) is 35.4 Å². The number of hydrogen-bond acceptors (Lipinski definition) is 7. The molecule has 1 saturated carbocycles. The normalized spacial score (nSPS) is 18.3. The van der Waals surface area contributed by atoms with Gasteiger partial charge < -0.3 is 20.3 Å². The first-order valence-corrected chi connectivity index (χ1v) is 14.3. The molecule has 2 N–H and O–H groups in total. The molecule has 5 rings (SSSR count). The molecular formula is C27H28F3N5O4S. The third-order valence-electron chi connectivity index (χ3n) is 7.02. The lowest BCUT2D eigenvalue weighted by molar-refractivity contribution is 0.0985. The van der Waals surface area contributed by atoms with E-state index in [1.54, 1.807) is 30.3 Å². The van der Waals surface area contributed by atoms with Crippen LogP contribution in [0.2, 0.25) is 0 Å². The molecule has 212 valence electrons. The van der Waals surface area contributed by atoms with Gasteiger partial charge in [-0.1, -0.05) is 0 Å².